The number of nitrogen functional groups attached to an aromatic ring is 1. The van der Waals surface area contributed by atoms with Crippen molar-refractivity contribution in [3.8, 4) is 17.3 Å². The second-order valence-corrected chi connectivity index (χ2v) is 5.61. The molecule has 1 aliphatic rings. The Hall–Kier alpha value is -2.61. The number of hydrogen-bond acceptors (Lipinski definition) is 5. The van der Waals surface area contributed by atoms with Gasteiger partial charge in [-0.05, 0) is 12.8 Å². The van der Waals surface area contributed by atoms with Crippen LogP contribution >= 0.6 is 0 Å². The highest BCUT2D eigenvalue weighted by molar-refractivity contribution is 5.74. The topological polar surface area (TPSA) is 87.6 Å². The normalized spacial score (nSPS) is 15.2. The van der Waals surface area contributed by atoms with Crippen LogP contribution in [0, 0.1) is 11.3 Å². The van der Waals surface area contributed by atoms with Gasteiger partial charge >= 0.3 is 0 Å². The lowest BCUT2D eigenvalue weighted by atomic mass is 9.95. The van der Waals surface area contributed by atoms with Gasteiger partial charge in [-0.25, -0.2) is 4.98 Å². The van der Waals surface area contributed by atoms with Gasteiger partial charge in [-0.2, -0.15) is 10.2 Å². The Balaban J connectivity index is 1.99. The first-order valence-electron chi connectivity index (χ1n) is 7.67. The molecule has 1 saturated carbocycles. The first-order chi connectivity index (χ1) is 10.8. The zero-order chi connectivity index (χ0) is 15.4. The fourth-order valence-electron chi connectivity index (χ4n) is 2.93. The Morgan fingerprint density at radius 1 is 1.09 bits per heavy atom. The fourth-order valence-corrected chi connectivity index (χ4v) is 2.93. The lowest BCUT2D eigenvalue weighted by Crippen LogP contribution is -2.24. The number of benzene rings is 1. The molecule has 0 atom stereocenters. The molecule has 0 amide bonds. The summed E-state index contributed by atoms with van der Waals surface area (Å²) in [5.74, 6) is 0.747. The quantitative estimate of drug-likeness (QED) is 0.906. The third-order valence-corrected chi connectivity index (χ3v) is 4.03. The molecule has 0 unspecified atom stereocenters. The Bertz CT molecular complexity index is 684. The first-order valence-corrected chi connectivity index (χ1v) is 7.67. The summed E-state index contributed by atoms with van der Waals surface area (Å²) >= 11 is 0. The maximum atomic E-state index is 9.57. The largest absolute Gasteiger partial charge is 0.368 e. The second kappa shape index (κ2) is 6.44. The van der Waals surface area contributed by atoms with Crippen LogP contribution in [-0.4, -0.2) is 16.0 Å². The third kappa shape index (κ3) is 3.01. The van der Waals surface area contributed by atoms with Crippen LogP contribution in [0.1, 0.15) is 37.7 Å². The van der Waals surface area contributed by atoms with E-state index in [1.807, 2.05) is 30.3 Å². The van der Waals surface area contributed by atoms with Crippen molar-refractivity contribution in [1.82, 2.24) is 9.97 Å². The molecule has 112 valence electrons. The number of nitriles is 1. The predicted octanol–water partition coefficient (Wildman–Crippen LogP) is 3.34. The monoisotopic (exact) mass is 293 g/mol. The van der Waals surface area contributed by atoms with Crippen molar-refractivity contribution in [3.63, 3.8) is 0 Å². The lowest BCUT2D eigenvalue weighted by Gasteiger charge is -2.24. The van der Waals surface area contributed by atoms with Crippen LogP contribution in [-0.2, 0) is 0 Å². The Morgan fingerprint density at radius 3 is 2.50 bits per heavy atom. The van der Waals surface area contributed by atoms with E-state index in [2.05, 4.69) is 21.4 Å². The van der Waals surface area contributed by atoms with E-state index in [1.165, 1.54) is 19.3 Å². The highest BCUT2D eigenvalue weighted by Gasteiger charge is 2.19. The van der Waals surface area contributed by atoms with Crippen LogP contribution in [0.3, 0.4) is 0 Å². The number of nitrogens with two attached hydrogens (primary N) is 1. The van der Waals surface area contributed by atoms with Crippen LogP contribution in [0.4, 0.5) is 11.8 Å². The molecule has 1 aromatic heterocycles. The molecule has 5 nitrogen and oxygen atoms in total. The van der Waals surface area contributed by atoms with Gasteiger partial charge < -0.3 is 11.1 Å². The van der Waals surface area contributed by atoms with Gasteiger partial charge in [0.25, 0.3) is 0 Å². The number of aromatic nitrogens is 2. The average molecular weight is 293 g/mol. The number of nitrogens with one attached hydrogen (secondary N) is 1. The van der Waals surface area contributed by atoms with Crippen molar-refractivity contribution in [2.24, 2.45) is 0 Å². The summed E-state index contributed by atoms with van der Waals surface area (Å²) in [5, 5.41) is 13.0. The molecule has 2 aromatic rings. The molecule has 3 rings (SSSR count). The van der Waals surface area contributed by atoms with E-state index >= 15 is 0 Å². The maximum Gasteiger partial charge on any atom is 0.222 e. The Morgan fingerprint density at radius 2 is 1.82 bits per heavy atom. The average Bonchev–Trinajstić information content (AvgIpc) is 2.56. The molecular formula is C17H19N5. The van der Waals surface area contributed by atoms with E-state index in [0.29, 0.717) is 23.1 Å². The molecule has 1 fully saturated rings. The summed E-state index contributed by atoms with van der Waals surface area (Å²) in [5.41, 5.74) is 7.78. The Kier molecular flexibility index (Phi) is 4.19. The minimum absolute atomic E-state index is 0.191. The second-order valence-electron chi connectivity index (χ2n) is 5.61. The van der Waals surface area contributed by atoms with Crippen LogP contribution in [0.25, 0.3) is 11.3 Å². The summed E-state index contributed by atoms with van der Waals surface area (Å²) in [6.07, 6.45) is 5.92. The summed E-state index contributed by atoms with van der Waals surface area (Å²) < 4.78 is 0. The van der Waals surface area contributed by atoms with Gasteiger partial charge in [0.15, 0.2) is 0 Å². The Labute approximate surface area is 130 Å². The molecule has 0 radical (unpaired) electrons. The molecule has 22 heavy (non-hydrogen) atoms. The van der Waals surface area contributed by atoms with Crippen LogP contribution in [0.5, 0.6) is 0 Å². The lowest BCUT2D eigenvalue weighted by molar-refractivity contribution is 0.462. The van der Waals surface area contributed by atoms with Crippen molar-refractivity contribution >= 4 is 11.8 Å². The van der Waals surface area contributed by atoms with Gasteiger partial charge in [-0.1, -0.05) is 49.6 Å². The molecule has 3 N–H and O–H groups in total. The minimum Gasteiger partial charge on any atom is -0.368 e. The van der Waals surface area contributed by atoms with Gasteiger partial charge in [0.2, 0.25) is 5.95 Å². The van der Waals surface area contributed by atoms with E-state index in [4.69, 9.17) is 5.73 Å². The van der Waals surface area contributed by atoms with Crippen molar-refractivity contribution in [3.05, 3.63) is 35.9 Å². The summed E-state index contributed by atoms with van der Waals surface area (Å²) in [6, 6.07) is 12.2. The standard InChI is InChI=1S/C17H19N5/c18-11-14-15(12-7-3-1-4-8-12)21-17(19)22-16(14)20-13-9-5-2-6-10-13/h1,3-4,7-8,13H,2,5-6,9-10H2,(H3,19,20,21,22). The smallest absolute Gasteiger partial charge is 0.222 e. The van der Waals surface area contributed by atoms with E-state index in [0.717, 1.165) is 18.4 Å². The van der Waals surface area contributed by atoms with E-state index < -0.39 is 0 Å². The molecule has 0 saturated heterocycles. The molecule has 5 heteroatoms. The van der Waals surface area contributed by atoms with Gasteiger partial charge in [0.1, 0.15) is 17.5 Å². The highest BCUT2D eigenvalue weighted by Crippen LogP contribution is 2.28. The summed E-state index contributed by atoms with van der Waals surface area (Å²) in [7, 11) is 0. The zero-order valence-electron chi connectivity index (χ0n) is 12.4. The number of anilines is 2. The third-order valence-electron chi connectivity index (χ3n) is 4.03. The molecule has 0 aliphatic heterocycles. The molecule has 0 bridgehead atoms. The summed E-state index contributed by atoms with van der Waals surface area (Å²) in [4.78, 5) is 8.53. The van der Waals surface area contributed by atoms with Crippen molar-refractivity contribution in [2.45, 2.75) is 38.1 Å². The SMILES string of the molecule is N#Cc1c(NC2CCCCC2)nc(N)nc1-c1ccccc1. The van der Waals surface area contributed by atoms with E-state index in [-0.39, 0.29) is 5.95 Å². The summed E-state index contributed by atoms with van der Waals surface area (Å²) in [6.45, 7) is 0. The first kappa shape index (κ1) is 14.3. The number of hydrogen-bond donors (Lipinski definition) is 2. The highest BCUT2D eigenvalue weighted by atomic mass is 15.1. The van der Waals surface area contributed by atoms with Gasteiger partial charge in [0, 0.05) is 11.6 Å². The van der Waals surface area contributed by atoms with Crippen LogP contribution < -0.4 is 11.1 Å². The molecule has 1 heterocycles. The van der Waals surface area contributed by atoms with Crippen molar-refractivity contribution in [1.29, 1.82) is 5.26 Å². The molecular weight excluding hydrogens is 274 g/mol. The minimum atomic E-state index is 0.191. The predicted molar refractivity (Wildman–Crippen MR) is 87.1 cm³/mol. The number of rotatable bonds is 3. The van der Waals surface area contributed by atoms with Crippen LogP contribution in [0.15, 0.2) is 30.3 Å². The van der Waals surface area contributed by atoms with Crippen molar-refractivity contribution < 1.29 is 0 Å². The zero-order valence-corrected chi connectivity index (χ0v) is 12.4. The maximum absolute atomic E-state index is 9.57. The van der Waals surface area contributed by atoms with E-state index in [1.54, 1.807) is 0 Å². The fraction of sp³-hybridized carbons (Fsp3) is 0.353. The van der Waals surface area contributed by atoms with Crippen LogP contribution in [0.2, 0.25) is 0 Å². The molecule has 1 aromatic carbocycles. The molecule has 0 spiro atoms. The van der Waals surface area contributed by atoms with Crippen molar-refractivity contribution in [2.75, 3.05) is 11.1 Å². The van der Waals surface area contributed by atoms with Gasteiger partial charge in [-0.3, -0.25) is 0 Å². The molecule has 1 aliphatic carbocycles. The van der Waals surface area contributed by atoms with Gasteiger partial charge in [-0.15, -0.1) is 0 Å². The number of nitrogens with zero attached hydrogens (tertiary/aromatic N) is 3. The van der Waals surface area contributed by atoms with E-state index in [9.17, 15) is 5.26 Å². The van der Waals surface area contributed by atoms with Gasteiger partial charge in [0.05, 0.1) is 5.69 Å².